The molecule has 4 nitrogen and oxygen atoms in total. The third-order valence-electron chi connectivity index (χ3n) is 2.70. The summed E-state index contributed by atoms with van der Waals surface area (Å²) < 4.78 is 0. The summed E-state index contributed by atoms with van der Waals surface area (Å²) in [4.78, 5) is 21.2. The van der Waals surface area contributed by atoms with Crippen LogP contribution in [0.4, 0.5) is 5.69 Å². The van der Waals surface area contributed by atoms with Gasteiger partial charge in [0.05, 0.1) is 4.92 Å². The Labute approximate surface area is 104 Å². The van der Waals surface area contributed by atoms with Crippen molar-refractivity contribution in [3.05, 3.63) is 75.3 Å². The van der Waals surface area contributed by atoms with Crippen LogP contribution >= 0.6 is 0 Å². The van der Waals surface area contributed by atoms with Crippen LogP contribution in [0.15, 0.2) is 48.5 Å². The predicted molar refractivity (Wildman–Crippen MR) is 67.7 cm³/mol. The molecule has 0 unspecified atom stereocenters. The number of carbonyl (C=O) groups excluding carboxylic acids is 1. The number of hydrogen-bond donors (Lipinski definition) is 0. The molecular weight excluding hydrogens is 230 g/mol. The summed E-state index contributed by atoms with van der Waals surface area (Å²) in [6, 6.07) is 13.8. The number of hydrogen-bond acceptors (Lipinski definition) is 3. The second-order valence-corrected chi connectivity index (χ2v) is 3.92. The van der Waals surface area contributed by atoms with Crippen molar-refractivity contribution in [2.24, 2.45) is 0 Å². The zero-order chi connectivity index (χ0) is 13.0. The molecule has 2 aromatic carbocycles. The van der Waals surface area contributed by atoms with Crippen LogP contribution in [0.1, 0.15) is 21.5 Å². The number of nitrogens with zero attached hydrogens (tertiary/aromatic N) is 1. The lowest BCUT2D eigenvalue weighted by Gasteiger charge is -2.05. The Morgan fingerprint density at radius 2 is 1.83 bits per heavy atom. The van der Waals surface area contributed by atoms with Gasteiger partial charge in [0.1, 0.15) is 6.29 Å². The van der Waals surface area contributed by atoms with Crippen LogP contribution in [-0.4, -0.2) is 11.2 Å². The summed E-state index contributed by atoms with van der Waals surface area (Å²) in [6.45, 7) is 0. The number of rotatable bonds is 4. The van der Waals surface area contributed by atoms with Gasteiger partial charge in [0.15, 0.2) is 0 Å². The molecule has 0 radical (unpaired) electrons. The number of aldehydes is 1. The maximum absolute atomic E-state index is 10.9. The van der Waals surface area contributed by atoms with Gasteiger partial charge in [-0.05, 0) is 23.6 Å². The molecule has 0 atom stereocenters. The van der Waals surface area contributed by atoms with Gasteiger partial charge in [-0.15, -0.1) is 0 Å². The molecule has 0 aliphatic carbocycles. The van der Waals surface area contributed by atoms with Crippen LogP contribution in [0.25, 0.3) is 0 Å². The number of benzene rings is 2. The Hall–Kier alpha value is -2.49. The summed E-state index contributed by atoms with van der Waals surface area (Å²) in [5, 5.41) is 10.7. The first-order valence-corrected chi connectivity index (χ1v) is 5.47. The quantitative estimate of drug-likeness (QED) is 0.469. The Kier molecular flexibility index (Phi) is 3.48. The van der Waals surface area contributed by atoms with Crippen molar-refractivity contribution in [2.45, 2.75) is 6.42 Å². The van der Waals surface area contributed by atoms with E-state index in [9.17, 15) is 14.9 Å². The monoisotopic (exact) mass is 241 g/mol. The third kappa shape index (κ3) is 2.60. The Morgan fingerprint density at radius 1 is 1.11 bits per heavy atom. The van der Waals surface area contributed by atoms with E-state index in [1.54, 1.807) is 0 Å². The first kappa shape index (κ1) is 12.0. The normalized spacial score (nSPS) is 10.0. The van der Waals surface area contributed by atoms with Crippen molar-refractivity contribution >= 4 is 12.0 Å². The highest BCUT2D eigenvalue weighted by Crippen LogP contribution is 2.19. The van der Waals surface area contributed by atoms with E-state index >= 15 is 0 Å². The average Bonchev–Trinajstić information content (AvgIpc) is 2.39. The number of carbonyl (C=O) groups is 1. The first-order chi connectivity index (χ1) is 8.70. The van der Waals surface area contributed by atoms with Crippen LogP contribution in [0.2, 0.25) is 0 Å². The SMILES string of the molecule is O=Cc1ccc([N+](=O)[O-])cc1Cc1ccccc1. The van der Waals surface area contributed by atoms with Crippen LogP contribution in [0.3, 0.4) is 0 Å². The van der Waals surface area contributed by atoms with Gasteiger partial charge in [-0.2, -0.15) is 0 Å². The topological polar surface area (TPSA) is 60.2 Å². The molecule has 0 saturated heterocycles. The molecule has 0 heterocycles. The van der Waals surface area contributed by atoms with Gasteiger partial charge in [0, 0.05) is 17.7 Å². The Morgan fingerprint density at radius 3 is 2.44 bits per heavy atom. The molecular formula is C14H11NO3. The second kappa shape index (κ2) is 5.23. The van der Waals surface area contributed by atoms with Gasteiger partial charge >= 0.3 is 0 Å². The highest BCUT2D eigenvalue weighted by Gasteiger charge is 2.10. The Bertz CT molecular complexity index is 579. The maximum Gasteiger partial charge on any atom is 0.269 e. The smallest absolute Gasteiger partial charge is 0.269 e. The van der Waals surface area contributed by atoms with Crippen molar-refractivity contribution in [3.63, 3.8) is 0 Å². The van der Waals surface area contributed by atoms with Crippen molar-refractivity contribution in [2.75, 3.05) is 0 Å². The van der Waals surface area contributed by atoms with E-state index in [1.165, 1.54) is 18.2 Å². The minimum Gasteiger partial charge on any atom is -0.298 e. The highest BCUT2D eigenvalue weighted by molar-refractivity contribution is 5.78. The molecule has 0 spiro atoms. The number of non-ortho nitro benzene ring substituents is 1. The average molecular weight is 241 g/mol. The molecule has 2 aromatic rings. The minimum absolute atomic E-state index is 0.00605. The number of nitro benzene ring substituents is 1. The summed E-state index contributed by atoms with van der Waals surface area (Å²) >= 11 is 0. The molecule has 4 heteroatoms. The van der Waals surface area contributed by atoms with Crippen molar-refractivity contribution in [3.8, 4) is 0 Å². The summed E-state index contributed by atoms with van der Waals surface area (Å²) in [6.07, 6.45) is 1.23. The maximum atomic E-state index is 10.9. The van der Waals surface area contributed by atoms with Gasteiger partial charge in [-0.25, -0.2) is 0 Å². The van der Waals surface area contributed by atoms with Crippen LogP contribution in [0, 0.1) is 10.1 Å². The molecule has 2 rings (SSSR count). The molecule has 0 aliphatic rings. The summed E-state index contributed by atoms with van der Waals surface area (Å²) in [5.41, 5.74) is 2.18. The van der Waals surface area contributed by atoms with Crippen LogP contribution in [0.5, 0.6) is 0 Å². The largest absolute Gasteiger partial charge is 0.298 e. The van der Waals surface area contributed by atoms with E-state index in [1.807, 2.05) is 30.3 Å². The Balaban J connectivity index is 2.38. The molecule has 0 aliphatic heterocycles. The molecule has 0 saturated carbocycles. The lowest BCUT2D eigenvalue weighted by Crippen LogP contribution is -1.97. The summed E-state index contributed by atoms with van der Waals surface area (Å²) in [5.74, 6) is 0. The van der Waals surface area contributed by atoms with E-state index in [4.69, 9.17) is 0 Å². The third-order valence-corrected chi connectivity index (χ3v) is 2.70. The van der Waals surface area contributed by atoms with Gasteiger partial charge < -0.3 is 0 Å². The van der Waals surface area contributed by atoms with Gasteiger partial charge in [-0.1, -0.05) is 30.3 Å². The first-order valence-electron chi connectivity index (χ1n) is 5.47. The standard InChI is InChI=1S/C14H11NO3/c16-10-12-6-7-14(15(17)18)9-13(12)8-11-4-2-1-3-5-11/h1-7,9-10H,8H2. The van der Waals surface area contributed by atoms with E-state index < -0.39 is 4.92 Å². The van der Waals surface area contributed by atoms with Gasteiger partial charge in [0.2, 0.25) is 0 Å². The molecule has 0 amide bonds. The van der Waals surface area contributed by atoms with Crippen molar-refractivity contribution in [1.82, 2.24) is 0 Å². The summed E-state index contributed by atoms with van der Waals surface area (Å²) in [7, 11) is 0. The van der Waals surface area contributed by atoms with Gasteiger partial charge in [-0.3, -0.25) is 14.9 Å². The fourth-order valence-corrected chi connectivity index (χ4v) is 1.79. The van der Waals surface area contributed by atoms with Gasteiger partial charge in [0.25, 0.3) is 5.69 Å². The van der Waals surface area contributed by atoms with E-state index in [2.05, 4.69) is 0 Å². The van der Waals surface area contributed by atoms with Crippen molar-refractivity contribution in [1.29, 1.82) is 0 Å². The van der Waals surface area contributed by atoms with Crippen LogP contribution < -0.4 is 0 Å². The lowest BCUT2D eigenvalue weighted by molar-refractivity contribution is -0.384. The molecule has 0 bridgehead atoms. The van der Waals surface area contributed by atoms with Crippen LogP contribution in [-0.2, 0) is 6.42 Å². The zero-order valence-electron chi connectivity index (χ0n) is 9.58. The highest BCUT2D eigenvalue weighted by atomic mass is 16.6. The molecule has 0 aromatic heterocycles. The van der Waals surface area contributed by atoms with Crippen molar-refractivity contribution < 1.29 is 9.72 Å². The molecule has 90 valence electrons. The zero-order valence-corrected chi connectivity index (χ0v) is 9.58. The molecule has 0 N–H and O–H groups in total. The minimum atomic E-state index is -0.455. The second-order valence-electron chi connectivity index (χ2n) is 3.92. The fourth-order valence-electron chi connectivity index (χ4n) is 1.79. The predicted octanol–water partition coefficient (Wildman–Crippen LogP) is 3.00. The lowest BCUT2D eigenvalue weighted by atomic mass is 10.00. The van der Waals surface area contributed by atoms with E-state index in [0.717, 1.165) is 11.8 Å². The molecule has 0 fully saturated rings. The number of nitro groups is 1. The molecule has 18 heavy (non-hydrogen) atoms. The van der Waals surface area contributed by atoms with E-state index in [-0.39, 0.29) is 5.69 Å². The van der Waals surface area contributed by atoms with E-state index in [0.29, 0.717) is 17.5 Å². The fraction of sp³-hybridized carbons (Fsp3) is 0.0714.